The van der Waals surface area contributed by atoms with Crippen LogP contribution in [0.3, 0.4) is 0 Å². The molecule has 0 aliphatic heterocycles. The average molecular weight is 173 g/mol. The molecule has 0 saturated carbocycles. The summed E-state index contributed by atoms with van der Waals surface area (Å²) < 4.78 is 5.25. The van der Waals surface area contributed by atoms with E-state index >= 15 is 0 Å². The molecule has 0 saturated heterocycles. The maximum Gasteiger partial charge on any atom is 0.104 e. The van der Waals surface area contributed by atoms with E-state index in [4.69, 9.17) is 18.3 Å². The largest absolute Gasteiger partial charge is 0.383 e. The molecular formula is C9H24BNO. The Morgan fingerprint density at radius 1 is 1.17 bits per heavy atom. The van der Waals surface area contributed by atoms with Gasteiger partial charge >= 0.3 is 0 Å². The summed E-state index contributed by atoms with van der Waals surface area (Å²) in [5, 5.41) is 0. The van der Waals surface area contributed by atoms with Crippen molar-refractivity contribution in [1.29, 1.82) is 0 Å². The lowest BCUT2D eigenvalue weighted by Gasteiger charge is -2.38. The highest BCUT2D eigenvalue weighted by atomic mass is 16.5. The molecule has 0 rings (SSSR count). The second-order valence-corrected chi connectivity index (χ2v) is 3.54. The molecule has 0 heterocycles. The van der Waals surface area contributed by atoms with E-state index in [0.29, 0.717) is 0 Å². The molecule has 0 atom stereocenters. The van der Waals surface area contributed by atoms with Crippen LogP contribution in [-0.2, 0) is 4.74 Å². The summed E-state index contributed by atoms with van der Waals surface area (Å²) in [4.78, 5) is 0. The lowest BCUT2D eigenvalue weighted by atomic mass is 9.86. The second-order valence-electron chi connectivity index (χ2n) is 3.54. The summed E-state index contributed by atoms with van der Waals surface area (Å²) in [6.07, 6.45) is 0. The van der Waals surface area contributed by atoms with Crippen LogP contribution in [0.25, 0.3) is 0 Å². The molecule has 0 amide bonds. The number of rotatable bonds is 3. The minimum atomic E-state index is -0.359. The molecule has 2 nitrogen and oxygen atoms in total. The Balaban J connectivity index is -0.000000405. The molecule has 0 aliphatic rings. The number of nitrogens with two attached hydrogens (primary N) is 1. The SMILES string of the molecule is C.C.[B]COC(C)(C)C(C)(C)N. The maximum absolute atomic E-state index is 5.82. The van der Waals surface area contributed by atoms with Crippen molar-refractivity contribution in [3.05, 3.63) is 0 Å². The van der Waals surface area contributed by atoms with Crippen molar-refractivity contribution in [2.75, 3.05) is 6.51 Å². The Morgan fingerprint density at radius 2 is 1.50 bits per heavy atom. The van der Waals surface area contributed by atoms with Gasteiger partial charge in [-0.05, 0) is 27.7 Å². The highest BCUT2D eigenvalue weighted by Crippen LogP contribution is 2.21. The van der Waals surface area contributed by atoms with Crippen molar-refractivity contribution >= 4 is 7.85 Å². The minimum Gasteiger partial charge on any atom is -0.383 e. The highest BCUT2D eigenvalue weighted by molar-refractivity contribution is 6.08. The first kappa shape index (κ1) is 17.9. The van der Waals surface area contributed by atoms with Crippen LogP contribution in [0, 0.1) is 0 Å². The molecule has 2 radical (unpaired) electrons. The molecule has 0 spiro atoms. The van der Waals surface area contributed by atoms with Gasteiger partial charge in [0.25, 0.3) is 0 Å². The van der Waals surface area contributed by atoms with Gasteiger partial charge in [-0.25, -0.2) is 0 Å². The zero-order chi connectivity index (χ0) is 8.41. The van der Waals surface area contributed by atoms with E-state index in [1.54, 1.807) is 0 Å². The second kappa shape index (κ2) is 5.60. The van der Waals surface area contributed by atoms with Gasteiger partial charge in [-0.2, -0.15) is 0 Å². The number of hydrogen-bond donors (Lipinski definition) is 1. The number of hydrogen-bond acceptors (Lipinski definition) is 2. The zero-order valence-corrected chi connectivity index (χ0v) is 7.27. The third-order valence-electron chi connectivity index (χ3n) is 2.00. The highest BCUT2D eigenvalue weighted by Gasteiger charge is 2.33. The Morgan fingerprint density at radius 3 is 1.58 bits per heavy atom. The molecule has 3 heteroatoms. The van der Waals surface area contributed by atoms with Crippen LogP contribution in [0.2, 0.25) is 0 Å². The first-order valence-corrected chi connectivity index (χ1v) is 3.44. The van der Waals surface area contributed by atoms with Gasteiger partial charge in [0.1, 0.15) is 7.85 Å². The molecule has 12 heavy (non-hydrogen) atoms. The standard InChI is InChI=1S/C7H16BNO.2CH4/c1-6(2,9)7(3,4)10-5-8;;/h5,9H2,1-4H3;2*1H4. The molecule has 74 valence electrons. The van der Waals surface area contributed by atoms with Crippen LogP contribution in [0.4, 0.5) is 0 Å². The molecule has 0 fully saturated rings. The molecule has 0 aromatic rings. The van der Waals surface area contributed by atoms with Crippen LogP contribution in [-0.4, -0.2) is 25.5 Å². The van der Waals surface area contributed by atoms with E-state index in [1.807, 2.05) is 27.7 Å². The van der Waals surface area contributed by atoms with Gasteiger partial charge in [-0.3, -0.25) is 0 Å². The van der Waals surface area contributed by atoms with Crippen LogP contribution < -0.4 is 5.73 Å². The van der Waals surface area contributed by atoms with Gasteiger partial charge in [-0.15, -0.1) is 0 Å². The van der Waals surface area contributed by atoms with Gasteiger partial charge in [0.2, 0.25) is 0 Å². The van der Waals surface area contributed by atoms with Crippen molar-refractivity contribution in [3.8, 4) is 0 Å². The fourth-order valence-electron chi connectivity index (χ4n) is 0.394. The first-order valence-electron chi connectivity index (χ1n) is 3.44. The van der Waals surface area contributed by atoms with Crippen molar-refractivity contribution < 1.29 is 4.74 Å². The fraction of sp³-hybridized carbons (Fsp3) is 1.00. The molecule has 0 aliphatic carbocycles. The van der Waals surface area contributed by atoms with E-state index in [2.05, 4.69) is 0 Å². The normalized spacial score (nSPS) is 11.4. The van der Waals surface area contributed by atoms with Gasteiger partial charge in [-0.1, -0.05) is 14.9 Å². The van der Waals surface area contributed by atoms with E-state index < -0.39 is 0 Å². The van der Waals surface area contributed by atoms with Gasteiger partial charge in [0.05, 0.1) is 5.60 Å². The number of ether oxygens (including phenoxy) is 1. The van der Waals surface area contributed by atoms with E-state index in [-0.39, 0.29) is 32.5 Å². The van der Waals surface area contributed by atoms with E-state index in [0.717, 1.165) is 0 Å². The maximum atomic E-state index is 5.82. The monoisotopic (exact) mass is 173 g/mol. The van der Waals surface area contributed by atoms with Gasteiger partial charge < -0.3 is 10.5 Å². The predicted molar refractivity (Wildman–Crippen MR) is 57.5 cm³/mol. The van der Waals surface area contributed by atoms with Crippen molar-refractivity contribution in [2.45, 2.75) is 53.7 Å². The molecule has 0 aromatic heterocycles. The van der Waals surface area contributed by atoms with Gasteiger partial charge in [0, 0.05) is 12.0 Å². The van der Waals surface area contributed by atoms with Crippen LogP contribution in [0.5, 0.6) is 0 Å². The minimum absolute atomic E-state index is 0. The van der Waals surface area contributed by atoms with E-state index in [1.165, 1.54) is 0 Å². The lowest BCUT2D eigenvalue weighted by molar-refractivity contribution is -0.0404. The molecule has 0 bridgehead atoms. The Kier molecular flexibility index (Phi) is 8.36. The summed E-state index contributed by atoms with van der Waals surface area (Å²) in [5.74, 6) is 0. The molecule has 0 unspecified atom stereocenters. The Bertz CT molecular complexity index is 108. The van der Waals surface area contributed by atoms with Crippen LogP contribution in [0.1, 0.15) is 42.5 Å². The van der Waals surface area contributed by atoms with E-state index in [9.17, 15) is 0 Å². The lowest BCUT2D eigenvalue weighted by Crippen LogP contribution is -2.54. The zero-order valence-electron chi connectivity index (χ0n) is 7.27. The van der Waals surface area contributed by atoms with Crippen molar-refractivity contribution in [1.82, 2.24) is 0 Å². The Labute approximate surface area is 79.3 Å². The van der Waals surface area contributed by atoms with Crippen molar-refractivity contribution in [3.63, 3.8) is 0 Å². The summed E-state index contributed by atoms with van der Waals surface area (Å²) >= 11 is 0. The molecule has 0 aromatic carbocycles. The quantitative estimate of drug-likeness (QED) is 0.661. The smallest absolute Gasteiger partial charge is 0.104 e. The first-order chi connectivity index (χ1) is 4.31. The fourth-order valence-corrected chi connectivity index (χ4v) is 0.394. The summed E-state index contributed by atoms with van der Waals surface area (Å²) in [6, 6.07) is 0. The molecular weight excluding hydrogens is 149 g/mol. The van der Waals surface area contributed by atoms with Gasteiger partial charge in [0.15, 0.2) is 0 Å². The van der Waals surface area contributed by atoms with Crippen molar-refractivity contribution in [2.24, 2.45) is 5.73 Å². The topological polar surface area (TPSA) is 35.2 Å². The summed E-state index contributed by atoms with van der Waals surface area (Å²) in [6.45, 7) is 7.92. The third-order valence-corrected chi connectivity index (χ3v) is 2.00. The third kappa shape index (κ3) is 4.78. The van der Waals surface area contributed by atoms with Crippen LogP contribution in [0.15, 0.2) is 0 Å². The predicted octanol–water partition coefficient (Wildman–Crippen LogP) is 1.92. The average Bonchev–Trinajstić information content (AvgIpc) is 1.61. The summed E-state index contributed by atoms with van der Waals surface area (Å²) in [5.41, 5.74) is 5.10. The van der Waals surface area contributed by atoms with Crippen LogP contribution >= 0.6 is 0 Å². The Hall–Kier alpha value is -0.0151. The summed E-state index contributed by atoms with van der Waals surface area (Å²) in [7, 11) is 5.23. The molecule has 2 N–H and O–H groups in total.